The summed E-state index contributed by atoms with van der Waals surface area (Å²) in [5.74, 6) is 0. The molecule has 0 spiro atoms. The van der Waals surface area contributed by atoms with Crippen molar-refractivity contribution < 1.29 is 4.84 Å². The maximum absolute atomic E-state index is 5.42. The first-order valence-electron chi connectivity index (χ1n) is 4.28. The van der Waals surface area contributed by atoms with Crippen molar-refractivity contribution in [2.75, 3.05) is 26.2 Å². The molecule has 0 saturated carbocycles. The van der Waals surface area contributed by atoms with E-state index in [0.717, 1.165) is 29.4 Å². The quantitative estimate of drug-likeness (QED) is 0.605. The Morgan fingerprint density at radius 1 is 1.55 bits per heavy atom. The van der Waals surface area contributed by atoms with Gasteiger partial charge in [0.1, 0.15) is 0 Å². The minimum Gasteiger partial charge on any atom is -0.315 e. The third-order valence-corrected chi connectivity index (χ3v) is 2.88. The third-order valence-electron chi connectivity index (χ3n) is 1.60. The zero-order valence-corrected chi connectivity index (χ0v) is 8.10. The van der Waals surface area contributed by atoms with Gasteiger partial charge in [0.2, 0.25) is 0 Å². The van der Waals surface area contributed by atoms with E-state index in [1.807, 2.05) is 6.92 Å². The molecule has 4 heteroatoms. The molecule has 1 rings (SSSR count). The molecule has 11 heavy (non-hydrogen) atoms. The summed E-state index contributed by atoms with van der Waals surface area (Å²) in [5.41, 5.74) is 0. The SMILES string of the molecule is CCON1CCNCCC[Si]1. The molecule has 0 unspecified atom stereocenters. The molecule has 3 nitrogen and oxygen atoms in total. The van der Waals surface area contributed by atoms with Crippen LogP contribution < -0.4 is 5.32 Å². The first-order chi connectivity index (χ1) is 5.43. The maximum Gasteiger partial charge on any atom is 0.179 e. The van der Waals surface area contributed by atoms with Crippen molar-refractivity contribution in [1.29, 1.82) is 0 Å². The van der Waals surface area contributed by atoms with Crippen LogP contribution in [-0.4, -0.2) is 40.7 Å². The molecule has 0 aromatic heterocycles. The first kappa shape index (κ1) is 9.19. The van der Waals surface area contributed by atoms with Crippen molar-refractivity contribution in [3.8, 4) is 0 Å². The highest BCUT2D eigenvalue weighted by atomic mass is 28.2. The van der Waals surface area contributed by atoms with E-state index in [1.54, 1.807) is 0 Å². The standard InChI is InChI=1S/C7H16N2OSi/c1-2-10-9-6-5-8-4-3-7-11-9/h8H,2-7H2,1H3. The zero-order valence-electron chi connectivity index (χ0n) is 7.10. The van der Waals surface area contributed by atoms with Gasteiger partial charge in [-0.05, 0) is 25.9 Å². The van der Waals surface area contributed by atoms with Gasteiger partial charge < -0.3 is 10.2 Å². The van der Waals surface area contributed by atoms with Gasteiger partial charge in [0.15, 0.2) is 9.68 Å². The first-order valence-corrected chi connectivity index (χ1v) is 5.43. The highest BCUT2D eigenvalue weighted by Gasteiger charge is 2.07. The topological polar surface area (TPSA) is 24.5 Å². The molecule has 1 aliphatic heterocycles. The molecule has 1 N–H and O–H groups in total. The lowest BCUT2D eigenvalue weighted by molar-refractivity contribution is -0.0818. The van der Waals surface area contributed by atoms with Crippen molar-refractivity contribution in [1.82, 2.24) is 10.0 Å². The molecule has 0 aromatic rings. The molecule has 1 saturated heterocycles. The number of hydroxylamine groups is 1. The molecule has 2 radical (unpaired) electrons. The molecule has 0 aromatic carbocycles. The Labute approximate surface area is 71.0 Å². The molecular formula is C7H16N2OSi. The van der Waals surface area contributed by atoms with Crippen molar-refractivity contribution in [3.63, 3.8) is 0 Å². The van der Waals surface area contributed by atoms with Crippen LogP contribution in [0, 0.1) is 0 Å². The molecule has 1 aliphatic rings. The molecule has 0 amide bonds. The fourth-order valence-electron chi connectivity index (χ4n) is 1.07. The third kappa shape index (κ3) is 3.86. The summed E-state index contributed by atoms with van der Waals surface area (Å²) >= 11 is 0. The van der Waals surface area contributed by atoms with Crippen molar-refractivity contribution >= 4 is 9.68 Å². The van der Waals surface area contributed by atoms with Crippen molar-refractivity contribution in [2.45, 2.75) is 19.4 Å². The van der Waals surface area contributed by atoms with Crippen molar-refractivity contribution in [2.24, 2.45) is 0 Å². The van der Waals surface area contributed by atoms with Crippen molar-refractivity contribution in [3.05, 3.63) is 0 Å². The fourth-order valence-corrected chi connectivity index (χ4v) is 2.14. The van der Waals surface area contributed by atoms with Crippen LogP contribution in [0.15, 0.2) is 0 Å². The summed E-state index contributed by atoms with van der Waals surface area (Å²) in [6.45, 7) is 6.11. The average Bonchev–Trinajstić information content (AvgIpc) is 1.94. The van der Waals surface area contributed by atoms with Crippen LogP contribution in [-0.2, 0) is 4.84 Å². The van der Waals surface area contributed by atoms with Crippen LogP contribution in [0.5, 0.6) is 0 Å². The minimum atomic E-state index is 0.799. The van der Waals surface area contributed by atoms with Gasteiger partial charge in [-0.1, -0.05) is 0 Å². The summed E-state index contributed by atoms with van der Waals surface area (Å²) in [5, 5.41) is 3.36. The van der Waals surface area contributed by atoms with Gasteiger partial charge in [-0.15, -0.1) is 0 Å². The second kappa shape index (κ2) is 5.71. The van der Waals surface area contributed by atoms with E-state index in [1.165, 1.54) is 19.0 Å². The molecule has 0 atom stereocenters. The summed E-state index contributed by atoms with van der Waals surface area (Å²) in [4.78, 5) is 5.42. The number of nitrogens with zero attached hydrogens (tertiary/aromatic N) is 1. The molecular weight excluding hydrogens is 156 g/mol. The summed E-state index contributed by atoms with van der Waals surface area (Å²) in [6.07, 6.45) is 1.28. The lowest BCUT2D eigenvalue weighted by atomic mass is 10.4. The van der Waals surface area contributed by atoms with Crippen LogP contribution in [0.4, 0.5) is 0 Å². The highest BCUT2D eigenvalue weighted by Crippen LogP contribution is 1.96. The van der Waals surface area contributed by atoms with Gasteiger partial charge in [0, 0.05) is 13.1 Å². The van der Waals surface area contributed by atoms with E-state index < -0.39 is 0 Å². The van der Waals surface area contributed by atoms with Gasteiger partial charge in [0.25, 0.3) is 0 Å². The maximum atomic E-state index is 5.42. The zero-order chi connectivity index (χ0) is 7.94. The van der Waals surface area contributed by atoms with E-state index >= 15 is 0 Å². The smallest absolute Gasteiger partial charge is 0.179 e. The van der Waals surface area contributed by atoms with Gasteiger partial charge in [-0.3, -0.25) is 0 Å². The fraction of sp³-hybridized carbons (Fsp3) is 1.00. The summed E-state index contributed by atoms with van der Waals surface area (Å²) in [6, 6.07) is 1.27. The highest BCUT2D eigenvalue weighted by molar-refractivity contribution is 6.31. The Morgan fingerprint density at radius 2 is 2.45 bits per heavy atom. The normalized spacial score (nSPS) is 22.6. The summed E-state index contributed by atoms with van der Waals surface area (Å²) < 4.78 is 2.09. The average molecular weight is 172 g/mol. The Bertz CT molecular complexity index is 94.4. The summed E-state index contributed by atoms with van der Waals surface area (Å²) in [7, 11) is 0.859. The molecule has 0 aliphatic carbocycles. The van der Waals surface area contributed by atoms with Gasteiger partial charge >= 0.3 is 0 Å². The second-order valence-electron chi connectivity index (χ2n) is 2.53. The Hall–Kier alpha value is 0.0969. The van der Waals surface area contributed by atoms with E-state index in [0.29, 0.717) is 0 Å². The number of nitrogens with one attached hydrogen (secondary N) is 1. The van der Waals surface area contributed by atoms with Gasteiger partial charge in [-0.25, -0.2) is 4.73 Å². The lowest BCUT2D eigenvalue weighted by Crippen LogP contribution is -2.37. The van der Waals surface area contributed by atoms with Crippen LogP contribution in [0.1, 0.15) is 13.3 Å². The Kier molecular flexibility index (Phi) is 4.77. The molecule has 1 heterocycles. The monoisotopic (exact) mass is 172 g/mol. The van der Waals surface area contributed by atoms with Crippen LogP contribution in [0.2, 0.25) is 6.04 Å². The molecule has 64 valence electrons. The van der Waals surface area contributed by atoms with Crippen LogP contribution >= 0.6 is 0 Å². The second-order valence-corrected chi connectivity index (χ2v) is 3.85. The Balaban J connectivity index is 2.15. The predicted octanol–water partition coefficient (Wildman–Crippen LogP) is 0.271. The predicted molar refractivity (Wildman–Crippen MR) is 46.4 cm³/mol. The Morgan fingerprint density at radius 3 is 3.27 bits per heavy atom. The number of hydrogen-bond donors (Lipinski definition) is 1. The van der Waals surface area contributed by atoms with Gasteiger partial charge in [0.05, 0.1) is 6.61 Å². The minimum absolute atomic E-state index is 0.799. The molecule has 1 fully saturated rings. The van der Waals surface area contributed by atoms with E-state index in [-0.39, 0.29) is 0 Å². The largest absolute Gasteiger partial charge is 0.315 e. The number of hydrogen-bond acceptors (Lipinski definition) is 3. The van der Waals surface area contributed by atoms with E-state index in [9.17, 15) is 0 Å². The van der Waals surface area contributed by atoms with Crippen LogP contribution in [0.3, 0.4) is 0 Å². The van der Waals surface area contributed by atoms with Gasteiger partial charge in [-0.2, -0.15) is 0 Å². The molecule has 0 bridgehead atoms. The lowest BCUT2D eigenvalue weighted by Gasteiger charge is -2.22. The number of rotatable bonds is 2. The van der Waals surface area contributed by atoms with E-state index in [4.69, 9.17) is 4.84 Å². The van der Waals surface area contributed by atoms with Crippen LogP contribution in [0.25, 0.3) is 0 Å². The van der Waals surface area contributed by atoms with E-state index in [2.05, 4.69) is 10.0 Å².